The Kier molecular flexibility index (Phi) is 3.98. The molecule has 2 aliphatic heterocycles. The summed E-state index contributed by atoms with van der Waals surface area (Å²) in [5, 5.41) is 0. The third-order valence-corrected chi connectivity index (χ3v) is 4.78. The van der Waals surface area contributed by atoms with Gasteiger partial charge in [0, 0.05) is 18.8 Å². The first-order chi connectivity index (χ1) is 10.9. The molecule has 1 aromatic carbocycles. The molecule has 1 unspecified atom stereocenters. The molecule has 0 radical (unpaired) electrons. The molecule has 1 spiro atoms. The van der Waals surface area contributed by atoms with Gasteiger partial charge in [-0.1, -0.05) is 29.8 Å². The maximum absolute atomic E-state index is 13.1. The minimum atomic E-state index is -0.526. The van der Waals surface area contributed by atoms with E-state index in [0.29, 0.717) is 6.54 Å². The SMILES string of the molecule is CC(C)=CCN1CCC2(C1)C(=O)N(CC(N)=O)c1ccccc12. The van der Waals surface area contributed by atoms with Gasteiger partial charge in [-0.15, -0.1) is 0 Å². The Morgan fingerprint density at radius 3 is 2.78 bits per heavy atom. The van der Waals surface area contributed by atoms with Crippen LogP contribution in [0.4, 0.5) is 5.69 Å². The number of anilines is 1. The van der Waals surface area contributed by atoms with Gasteiger partial charge in [-0.3, -0.25) is 14.5 Å². The summed E-state index contributed by atoms with van der Waals surface area (Å²) in [7, 11) is 0. The highest BCUT2D eigenvalue weighted by Gasteiger charge is 2.54. The van der Waals surface area contributed by atoms with E-state index in [-0.39, 0.29) is 12.5 Å². The number of rotatable bonds is 4. The van der Waals surface area contributed by atoms with Crippen molar-refractivity contribution in [3.8, 4) is 0 Å². The van der Waals surface area contributed by atoms with Gasteiger partial charge >= 0.3 is 0 Å². The number of nitrogens with two attached hydrogens (primary N) is 1. The van der Waals surface area contributed by atoms with Gasteiger partial charge in [0.15, 0.2) is 0 Å². The molecule has 3 rings (SSSR count). The quantitative estimate of drug-likeness (QED) is 0.855. The monoisotopic (exact) mass is 313 g/mol. The standard InChI is InChI=1S/C18H23N3O2/c1-13(2)7-9-20-10-8-18(12-20)14-5-3-4-6-15(14)21(17(18)23)11-16(19)22/h3-7H,8-12H2,1-2H3,(H2,19,22). The van der Waals surface area contributed by atoms with Crippen LogP contribution >= 0.6 is 0 Å². The van der Waals surface area contributed by atoms with Crippen LogP contribution in [0, 0.1) is 0 Å². The fraction of sp³-hybridized carbons (Fsp3) is 0.444. The summed E-state index contributed by atoms with van der Waals surface area (Å²) >= 11 is 0. The van der Waals surface area contributed by atoms with Crippen LogP contribution in [0.15, 0.2) is 35.9 Å². The molecule has 1 saturated heterocycles. The summed E-state index contributed by atoms with van der Waals surface area (Å²) in [5.74, 6) is -0.471. The lowest BCUT2D eigenvalue weighted by Crippen LogP contribution is -2.45. The van der Waals surface area contributed by atoms with E-state index in [9.17, 15) is 9.59 Å². The largest absolute Gasteiger partial charge is 0.368 e. The molecule has 2 N–H and O–H groups in total. The highest BCUT2D eigenvalue weighted by molar-refractivity contribution is 6.11. The van der Waals surface area contributed by atoms with E-state index in [1.54, 1.807) is 4.90 Å². The molecule has 1 fully saturated rings. The first kappa shape index (κ1) is 15.7. The van der Waals surface area contributed by atoms with Crippen molar-refractivity contribution in [1.82, 2.24) is 4.90 Å². The Morgan fingerprint density at radius 1 is 1.35 bits per heavy atom. The number of likely N-dealkylation sites (tertiary alicyclic amines) is 1. The third kappa shape index (κ3) is 2.65. The predicted molar refractivity (Wildman–Crippen MR) is 90.2 cm³/mol. The average Bonchev–Trinajstić information content (AvgIpc) is 3.03. The van der Waals surface area contributed by atoms with E-state index in [1.807, 2.05) is 24.3 Å². The van der Waals surface area contributed by atoms with Crippen LogP contribution in [-0.4, -0.2) is 42.9 Å². The minimum Gasteiger partial charge on any atom is -0.368 e. The van der Waals surface area contributed by atoms with Crippen molar-refractivity contribution in [2.45, 2.75) is 25.7 Å². The van der Waals surface area contributed by atoms with Gasteiger partial charge in [0.1, 0.15) is 6.54 Å². The lowest BCUT2D eigenvalue weighted by Gasteiger charge is -2.24. The summed E-state index contributed by atoms with van der Waals surface area (Å²) in [6.45, 7) is 6.55. The van der Waals surface area contributed by atoms with E-state index in [2.05, 4.69) is 24.8 Å². The number of carbonyl (C=O) groups is 2. The number of hydrogen-bond acceptors (Lipinski definition) is 3. The molecule has 0 aliphatic carbocycles. The summed E-state index contributed by atoms with van der Waals surface area (Å²) in [5.41, 5.74) is 7.95. The van der Waals surface area contributed by atoms with E-state index in [4.69, 9.17) is 5.73 Å². The van der Waals surface area contributed by atoms with E-state index < -0.39 is 11.3 Å². The lowest BCUT2D eigenvalue weighted by molar-refractivity contribution is -0.125. The minimum absolute atomic E-state index is 0.0113. The van der Waals surface area contributed by atoms with Crippen molar-refractivity contribution in [3.05, 3.63) is 41.5 Å². The maximum Gasteiger partial charge on any atom is 0.239 e. The van der Waals surface area contributed by atoms with Crippen LogP contribution < -0.4 is 10.6 Å². The molecule has 1 aromatic rings. The molecule has 122 valence electrons. The van der Waals surface area contributed by atoms with Gasteiger partial charge in [0.2, 0.25) is 11.8 Å². The molecule has 2 amide bonds. The van der Waals surface area contributed by atoms with Crippen LogP contribution in [-0.2, 0) is 15.0 Å². The van der Waals surface area contributed by atoms with Gasteiger partial charge < -0.3 is 10.6 Å². The molecule has 0 bridgehead atoms. The summed E-state index contributed by atoms with van der Waals surface area (Å²) < 4.78 is 0. The van der Waals surface area contributed by atoms with Crippen molar-refractivity contribution >= 4 is 17.5 Å². The predicted octanol–water partition coefficient (Wildman–Crippen LogP) is 1.43. The fourth-order valence-electron chi connectivity index (χ4n) is 3.66. The Bertz CT molecular complexity index is 679. The average molecular weight is 313 g/mol. The van der Waals surface area contributed by atoms with E-state index in [1.165, 1.54) is 5.57 Å². The number of nitrogens with zero attached hydrogens (tertiary/aromatic N) is 2. The van der Waals surface area contributed by atoms with Gasteiger partial charge in [0.05, 0.1) is 5.41 Å². The Hall–Kier alpha value is -2.14. The zero-order valence-corrected chi connectivity index (χ0v) is 13.7. The number of fused-ring (bicyclic) bond motifs is 2. The summed E-state index contributed by atoms with van der Waals surface area (Å²) in [4.78, 5) is 28.3. The highest BCUT2D eigenvalue weighted by atomic mass is 16.2. The number of benzene rings is 1. The maximum atomic E-state index is 13.1. The van der Waals surface area contributed by atoms with Crippen molar-refractivity contribution in [2.75, 3.05) is 31.1 Å². The number of hydrogen-bond donors (Lipinski definition) is 1. The normalized spacial score (nSPS) is 23.4. The Morgan fingerprint density at radius 2 is 2.09 bits per heavy atom. The molecular weight excluding hydrogens is 290 g/mol. The molecule has 1 atom stereocenters. The highest BCUT2D eigenvalue weighted by Crippen LogP contribution is 2.47. The molecule has 5 heteroatoms. The topological polar surface area (TPSA) is 66.6 Å². The third-order valence-electron chi connectivity index (χ3n) is 4.78. The van der Waals surface area contributed by atoms with Crippen LogP contribution in [0.1, 0.15) is 25.8 Å². The smallest absolute Gasteiger partial charge is 0.239 e. The van der Waals surface area contributed by atoms with Gasteiger partial charge in [0.25, 0.3) is 0 Å². The van der Waals surface area contributed by atoms with Gasteiger partial charge in [-0.05, 0) is 38.4 Å². The second-order valence-corrected chi connectivity index (χ2v) is 6.72. The second-order valence-electron chi connectivity index (χ2n) is 6.72. The molecule has 5 nitrogen and oxygen atoms in total. The number of carbonyl (C=O) groups excluding carboxylic acids is 2. The van der Waals surface area contributed by atoms with Crippen molar-refractivity contribution in [1.29, 1.82) is 0 Å². The first-order valence-corrected chi connectivity index (χ1v) is 7.99. The molecular formula is C18H23N3O2. The van der Waals surface area contributed by atoms with E-state index in [0.717, 1.165) is 30.8 Å². The van der Waals surface area contributed by atoms with Gasteiger partial charge in [-0.25, -0.2) is 0 Å². The van der Waals surface area contributed by atoms with Crippen molar-refractivity contribution < 1.29 is 9.59 Å². The fourth-order valence-corrected chi connectivity index (χ4v) is 3.66. The first-order valence-electron chi connectivity index (χ1n) is 7.99. The van der Waals surface area contributed by atoms with Crippen molar-refractivity contribution in [2.24, 2.45) is 5.73 Å². The molecule has 0 saturated carbocycles. The van der Waals surface area contributed by atoms with Crippen LogP contribution in [0.3, 0.4) is 0 Å². The van der Waals surface area contributed by atoms with Crippen LogP contribution in [0.2, 0.25) is 0 Å². The summed E-state index contributed by atoms with van der Waals surface area (Å²) in [6, 6.07) is 7.78. The zero-order chi connectivity index (χ0) is 16.6. The van der Waals surface area contributed by atoms with Gasteiger partial charge in [-0.2, -0.15) is 0 Å². The summed E-state index contributed by atoms with van der Waals surface area (Å²) in [6.07, 6.45) is 2.97. The zero-order valence-electron chi connectivity index (χ0n) is 13.7. The van der Waals surface area contributed by atoms with E-state index >= 15 is 0 Å². The molecule has 2 aliphatic rings. The second kappa shape index (κ2) is 5.81. The van der Waals surface area contributed by atoms with Crippen LogP contribution in [0.5, 0.6) is 0 Å². The van der Waals surface area contributed by atoms with Crippen molar-refractivity contribution in [3.63, 3.8) is 0 Å². The molecule has 2 heterocycles. The Labute approximate surface area is 136 Å². The lowest BCUT2D eigenvalue weighted by atomic mass is 9.81. The number of primary amides is 1. The number of amides is 2. The number of para-hydroxylation sites is 1. The molecule has 23 heavy (non-hydrogen) atoms. The number of allylic oxidation sites excluding steroid dienone is 1. The Balaban J connectivity index is 1.92. The van der Waals surface area contributed by atoms with Crippen LogP contribution in [0.25, 0.3) is 0 Å². The molecule has 0 aromatic heterocycles.